The standard InChI is InChI=1S/C14H21ClO2/c1-10(2)5-7-13(15)12-9-11(16-3)6-8-14(12)17-4/h6,8-10,13H,5,7H2,1-4H3. The monoisotopic (exact) mass is 256 g/mol. The van der Waals surface area contributed by atoms with E-state index in [-0.39, 0.29) is 5.38 Å². The van der Waals surface area contributed by atoms with Crippen molar-refractivity contribution in [1.29, 1.82) is 0 Å². The average molecular weight is 257 g/mol. The first-order valence-electron chi connectivity index (χ1n) is 5.94. The highest BCUT2D eigenvalue weighted by Gasteiger charge is 2.15. The van der Waals surface area contributed by atoms with E-state index in [1.165, 1.54) is 0 Å². The highest BCUT2D eigenvalue weighted by molar-refractivity contribution is 6.21. The minimum absolute atomic E-state index is 0.0255. The number of ether oxygens (including phenoxy) is 2. The van der Waals surface area contributed by atoms with Gasteiger partial charge in [-0.1, -0.05) is 13.8 Å². The fourth-order valence-corrected chi connectivity index (χ4v) is 2.02. The third-order valence-electron chi connectivity index (χ3n) is 2.77. The Bertz CT molecular complexity index is 350. The maximum atomic E-state index is 6.43. The second kappa shape index (κ2) is 6.75. The number of alkyl halides is 1. The van der Waals surface area contributed by atoms with Crippen LogP contribution < -0.4 is 9.47 Å². The van der Waals surface area contributed by atoms with Crippen molar-refractivity contribution < 1.29 is 9.47 Å². The summed E-state index contributed by atoms with van der Waals surface area (Å²) in [5.41, 5.74) is 1.01. The molecule has 96 valence electrons. The van der Waals surface area contributed by atoms with Crippen LogP contribution >= 0.6 is 11.6 Å². The summed E-state index contributed by atoms with van der Waals surface area (Å²) < 4.78 is 10.5. The van der Waals surface area contributed by atoms with Gasteiger partial charge in [-0.25, -0.2) is 0 Å². The lowest BCUT2D eigenvalue weighted by Gasteiger charge is -2.16. The van der Waals surface area contributed by atoms with Crippen molar-refractivity contribution in [2.45, 2.75) is 32.1 Å². The normalized spacial score (nSPS) is 12.6. The molecule has 1 rings (SSSR count). The number of hydrogen-bond donors (Lipinski definition) is 0. The first-order valence-corrected chi connectivity index (χ1v) is 6.38. The molecule has 1 unspecified atom stereocenters. The summed E-state index contributed by atoms with van der Waals surface area (Å²) in [6.07, 6.45) is 2.05. The van der Waals surface area contributed by atoms with Crippen molar-refractivity contribution >= 4 is 11.6 Å². The Morgan fingerprint density at radius 2 is 1.82 bits per heavy atom. The van der Waals surface area contributed by atoms with Crippen LogP contribution in [0.15, 0.2) is 18.2 Å². The second-order valence-corrected chi connectivity index (χ2v) is 5.07. The first kappa shape index (κ1) is 14.2. The highest BCUT2D eigenvalue weighted by atomic mass is 35.5. The van der Waals surface area contributed by atoms with E-state index in [0.29, 0.717) is 5.92 Å². The van der Waals surface area contributed by atoms with Gasteiger partial charge in [-0.2, -0.15) is 0 Å². The van der Waals surface area contributed by atoms with E-state index < -0.39 is 0 Å². The summed E-state index contributed by atoms with van der Waals surface area (Å²) in [5, 5.41) is -0.0255. The van der Waals surface area contributed by atoms with Gasteiger partial charge in [0.15, 0.2) is 0 Å². The molecule has 1 atom stereocenters. The molecule has 17 heavy (non-hydrogen) atoms. The van der Waals surface area contributed by atoms with Crippen molar-refractivity contribution in [2.24, 2.45) is 5.92 Å². The van der Waals surface area contributed by atoms with E-state index in [1.807, 2.05) is 18.2 Å². The molecular formula is C14H21ClO2. The summed E-state index contributed by atoms with van der Waals surface area (Å²) in [7, 11) is 3.32. The molecule has 0 saturated carbocycles. The van der Waals surface area contributed by atoms with Gasteiger partial charge in [-0.3, -0.25) is 0 Å². The largest absolute Gasteiger partial charge is 0.497 e. The van der Waals surface area contributed by atoms with Crippen LogP contribution in [0.2, 0.25) is 0 Å². The Morgan fingerprint density at radius 3 is 2.35 bits per heavy atom. The van der Waals surface area contributed by atoms with Gasteiger partial charge in [0.05, 0.1) is 19.6 Å². The zero-order chi connectivity index (χ0) is 12.8. The highest BCUT2D eigenvalue weighted by Crippen LogP contribution is 2.36. The summed E-state index contributed by atoms with van der Waals surface area (Å²) >= 11 is 6.43. The number of methoxy groups -OCH3 is 2. The van der Waals surface area contributed by atoms with E-state index in [9.17, 15) is 0 Å². The fraction of sp³-hybridized carbons (Fsp3) is 0.571. The molecule has 0 amide bonds. The van der Waals surface area contributed by atoms with E-state index in [0.717, 1.165) is 29.9 Å². The topological polar surface area (TPSA) is 18.5 Å². The number of rotatable bonds is 6. The van der Waals surface area contributed by atoms with E-state index >= 15 is 0 Å². The molecule has 0 bridgehead atoms. The van der Waals surface area contributed by atoms with Crippen LogP contribution in [0.1, 0.15) is 37.6 Å². The third kappa shape index (κ3) is 4.12. The third-order valence-corrected chi connectivity index (χ3v) is 3.23. The predicted octanol–water partition coefficient (Wildman–Crippen LogP) is 4.42. The van der Waals surface area contributed by atoms with Crippen LogP contribution in [-0.2, 0) is 0 Å². The van der Waals surface area contributed by atoms with Crippen LogP contribution in [0.4, 0.5) is 0 Å². The van der Waals surface area contributed by atoms with Gasteiger partial charge in [-0.15, -0.1) is 11.6 Å². The number of halogens is 1. The molecule has 0 aliphatic rings. The summed E-state index contributed by atoms with van der Waals surface area (Å²) in [6.45, 7) is 4.40. The Hall–Kier alpha value is -0.890. The lowest BCUT2D eigenvalue weighted by molar-refractivity contribution is 0.396. The molecule has 0 aromatic heterocycles. The van der Waals surface area contributed by atoms with Crippen molar-refractivity contribution in [3.8, 4) is 11.5 Å². The van der Waals surface area contributed by atoms with E-state index in [1.54, 1.807) is 14.2 Å². The van der Waals surface area contributed by atoms with Gasteiger partial charge in [0, 0.05) is 5.56 Å². The van der Waals surface area contributed by atoms with Gasteiger partial charge in [0.1, 0.15) is 11.5 Å². The van der Waals surface area contributed by atoms with E-state index in [2.05, 4.69) is 13.8 Å². The molecule has 2 nitrogen and oxygen atoms in total. The Kier molecular flexibility index (Phi) is 5.63. The average Bonchev–Trinajstić information content (AvgIpc) is 2.34. The van der Waals surface area contributed by atoms with Gasteiger partial charge in [0.2, 0.25) is 0 Å². The SMILES string of the molecule is COc1ccc(OC)c(C(Cl)CCC(C)C)c1. The molecule has 0 N–H and O–H groups in total. The summed E-state index contributed by atoms with van der Waals surface area (Å²) in [5.74, 6) is 2.30. The van der Waals surface area contributed by atoms with Crippen LogP contribution in [0, 0.1) is 5.92 Å². The molecular weight excluding hydrogens is 236 g/mol. The van der Waals surface area contributed by atoms with Crippen LogP contribution in [0.5, 0.6) is 11.5 Å². The number of benzene rings is 1. The predicted molar refractivity (Wildman–Crippen MR) is 72.2 cm³/mol. The lowest BCUT2D eigenvalue weighted by atomic mass is 10.0. The van der Waals surface area contributed by atoms with Crippen molar-refractivity contribution in [2.75, 3.05) is 14.2 Å². The molecule has 0 saturated heterocycles. The molecule has 0 heterocycles. The maximum Gasteiger partial charge on any atom is 0.123 e. The maximum absolute atomic E-state index is 6.43. The van der Waals surface area contributed by atoms with Crippen LogP contribution in [-0.4, -0.2) is 14.2 Å². The Balaban J connectivity index is 2.85. The Labute approximate surface area is 109 Å². The van der Waals surface area contributed by atoms with Crippen LogP contribution in [0.3, 0.4) is 0 Å². The molecule has 0 aliphatic heterocycles. The quantitative estimate of drug-likeness (QED) is 0.702. The molecule has 0 fully saturated rings. The molecule has 0 aliphatic carbocycles. The van der Waals surface area contributed by atoms with Crippen molar-refractivity contribution in [1.82, 2.24) is 0 Å². The van der Waals surface area contributed by atoms with Crippen LogP contribution in [0.25, 0.3) is 0 Å². The molecule has 0 spiro atoms. The van der Waals surface area contributed by atoms with Gasteiger partial charge < -0.3 is 9.47 Å². The number of hydrogen-bond acceptors (Lipinski definition) is 2. The van der Waals surface area contributed by atoms with Gasteiger partial charge in [-0.05, 0) is 37.0 Å². The lowest BCUT2D eigenvalue weighted by Crippen LogP contribution is -1.99. The Morgan fingerprint density at radius 1 is 1.12 bits per heavy atom. The summed E-state index contributed by atoms with van der Waals surface area (Å²) in [6, 6.07) is 5.74. The van der Waals surface area contributed by atoms with Crippen molar-refractivity contribution in [3.63, 3.8) is 0 Å². The smallest absolute Gasteiger partial charge is 0.123 e. The second-order valence-electron chi connectivity index (χ2n) is 4.55. The molecule has 0 radical (unpaired) electrons. The van der Waals surface area contributed by atoms with Gasteiger partial charge in [0.25, 0.3) is 0 Å². The minimum Gasteiger partial charge on any atom is -0.497 e. The zero-order valence-corrected chi connectivity index (χ0v) is 11.8. The molecule has 1 aromatic rings. The first-order chi connectivity index (χ1) is 8.08. The van der Waals surface area contributed by atoms with Gasteiger partial charge >= 0.3 is 0 Å². The van der Waals surface area contributed by atoms with E-state index in [4.69, 9.17) is 21.1 Å². The zero-order valence-electron chi connectivity index (χ0n) is 11.0. The fourth-order valence-electron chi connectivity index (χ4n) is 1.72. The molecule has 1 aromatic carbocycles. The molecule has 3 heteroatoms. The summed E-state index contributed by atoms with van der Waals surface area (Å²) in [4.78, 5) is 0. The minimum atomic E-state index is -0.0255. The van der Waals surface area contributed by atoms with Crippen molar-refractivity contribution in [3.05, 3.63) is 23.8 Å².